The van der Waals surface area contributed by atoms with Crippen LogP contribution in [0.3, 0.4) is 0 Å². The highest BCUT2D eigenvalue weighted by molar-refractivity contribution is 6.13. The molecular weight excluding hydrogens is 406 g/mol. The van der Waals surface area contributed by atoms with E-state index in [2.05, 4.69) is 42.5 Å². The molecule has 154 valence electrons. The molecule has 0 aliphatic carbocycles. The number of pyridine rings is 1. The summed E-state index contributed by atoms with van der Waals surface area (Å²) in [6, 6.07) is 30.1. The second kappa shape index (κ2) is 8.66. The number of rotatable bonds is 4. The molecule has 0 amide bonds. The minimum absolute atomic E-state index is 0. The maximum atomic E-state index is 9.77. The number of fused-ring (bicyclic) bond motifs is 3. The van der Waals surface area contributed by atoms with Crippen LogP contribution in [0, 0.1) is 0 Å². The lowest BCUT2D eigenvalue weighted by atomic mass is 9.94. The van der Waals surface area contributed by atoms with Gasteiger partial charge < -0.3 is 9.84 Å². The summed E-state index contributed by atoms with van der Waals surface area (Å²) in [5.74, 6) is 1.11. The normalized spacial score (nSPS) is 10.7. The van der Waals surface area contributed by atoms with Gasteiger partial charge in [0.1, 0.15) is 11.5 Å². The van der Waals surface area contributed by atoms with E-state index in [0.717, 1.165) is 39.0 Å². The number of hydrogen-bond donors (Lipinski definition) is 1. The fourth-order valence-corrected chi connectivity index (χ4v) is 3.91. The predicted octanol–water partition coefficient (Wildman–Crippen LogP) is 7.25. The van der Waals surface area contributed by atoms with Crippen LogP contribution in [0.5, 0.6) is 11.5 Å². The molecule has 5 aromatic rings. The summed E-state index contributed by atoms with van der Waals surface area (Å²) in [6.07, 6.45) is 0. The van der Waals surface area contributed by atoms with Crippen LogP contribution >= 0.6 is 12.4 Å². The lowest BCUT2D eigenvalue weighted by Crippen LogP contribution is -1.93. The molecule has 31 heavy (non-hydrogen) atoms. The van der Waals surface area contributed by atoms with Crippen molar-refractivity contribution in [3.63, 3.8) is 0 Å². The number of benzene rings is 4. The predicted molar refractivity (Wildman–Crippen MR) is 130 cm³/mol. The first kappa shape index (κ1) is 20.7. The van der Waals surface area contributed by atoms with E-state index in [1.54, 1.807) is 12.1 Å². The van der Waals surface area contributed by atoms with Crippen molar-refractivity contribution in [2.75, 3.05) is 6.61 Å². The summed E-state index contributed by atoms with van der Waals surface area (Å²) in [5.41, 5.74) is 5.03. The van der Waals surface area contributed by atoms with Crippen molar-refractivity contribution in [3.8, 4) is 33.9 Å². The van der Waals surface area contributed by atoms with Crippen LogP contribution < -0.4 is 4.74 Å². The lowest BCUT2D eigenvalue weighted by Gasteiger charge is -2.13. The third-order valence-electron chi connectivity index (χ3n) is 5.34. The topological polar surface area (TPSA) is 42.4 Å². The van der Waals surface area contributed by atoms with Gasteiger partial charge in [-0.3, -0.25) is 0 Å². The van der Waals surface area contributed by atoms with Gasteiger partial charge in [0.15, 0.2) is 0 Å². The van der Waals surface area contributed by atoms with Crippen molar-refractivity contribution < 1.29 is 9.84 Å². The van der Waals surface area contributed by atoms with Crippen LogP contribution in [0.4, 0.5) is 0 Å². The third kappa shape index (κ3) is 3.92. The number of aromatic hydroxyl groups is 1. The summed E-state index contributed by atoms with van der Waals surface area (Å²) >= 11 is 0. The largest absolute Gasteiger partial charge is 0.508 e. The van der Waals surface area contributed by atoms with E-state index < -0.39 is 0 Å². The molecule has 0 radical (unpaired) electrons. The van der Waals surface area contributed by atoms with Gasteiger partial charge in [0.2, 0.25) is 0 Å². The fourth-order valence-electron chi connectivity index (χ4n) is 3.91. The molecule has 0 bridgehead atoms. The Morgan fingerprint density at radius 2 is 1.52 bits per heavy atom. The molecule has 0 fully saturated rings. The van der Waals surface area contributed by atoms with Gasteiger partial charge in [0, 0.05) is 10.9 Å². The second-order valence-corrected chi connectivity index (χ2v) is 7.24. The first-order valence-corrected chi connectivity index (χ1v) is 10.1. The molecular formula is C27H22ClNO2. The molecule has 0 saturated heterocycles. The average molecular weight is 428 g/mol. The summed E-state index contributed by atoms with van der Waals surface area (Å²) in [7, 11) is 0. The van der Waals surface area contributed by atoms with Crippen molar-refractivity contribution in [2.45, 2.75) is 6.92 Å². The van der Waals surface area contributed by atoms with Crippen LogP contribution in [-0.4, -0.2) is 16.7 Å². The molecule has 0 unspecified atom stereocenters. The molecule has 0 atom stereocenters. The zero-order chi connectivity index (χ0) is 20.5. The molecule has 0 aliphatic rings. The van der Waals surface area contributed by atoms with Crippen LogP contribution in [0.15, 0.2) is 91.0 Å². The van der Waals surface area contributed by atoms with E-state index in [9.17, 15) is 5.11 Å². The van der Waals surface area contributed by atoms with Gasteiger partial charge in [-0.2, -0.15) is 0 Å². The summed E-state index contributed by atoms with van der Waals surface area (Å²) in [4.78, 5) is 4.98. The molecule has 1 heterocycles. The second-order valence-electron chi connectivity index (χ2n) is 7.24. The van der Waals surface area contributed by atoms with E-state index in [1.807, 2.05) is 43.3 Å². The van der Waals surface area contributed by atoms with Crippen LogP contribution in [0.2, 0.25) is 0 Å². The first-order chi connectivity index (χ1) is 14.7. The minimum Gasteiger partial charge on any atom is -0.508 e. The zero-order valence-electron chi connectivity index (χ0n) is 17.1. The molecule has 4 aromatic carbocycles. The Morgan fingerprint density at radius 3 is 2.26 bits per heavy atom. The van der Waals surface area contributed by atoms with Crippen LogP contribution in [0.25, 0.3) is 44.1 Å². The number of nitrogens with zero attached hydrogens (tertiary/aromatic N) is 1. The minimum atomic E-state index is 0. The molecule has 1 N–H and O–H groups in total. The zero-order valence-corrected chi connectivity index (χ0v) is 17.9. The van der Waals surface area contributed by atoms with E-state index in [1.165, 1.54) is 10.8 Å². The molecule has 1 aromatic heterocycles. The van der Waals surface area contributed by atoms with E-state index >= 15 is 0 Å². The van der Waals surface area contributed by atoms with Gasteiger partial charge >= 0.3 is 0 Å². The average Bonchev–Trinajstić information content (AvgIpc) is 2.79. The summed E-state index contributed by atoms with van der Waals surface area (Å²) in [6.45, 7) is 2.62. The number of phenols is 1. The first-order valence-electron chi connectivity index (χ1n) is 10.1. The van der Waals surface area contributed by atoms with Crippen molar-refractivity contribution in [1.29, 1.82) is 0 Å². The smallest absolute Gasteiger partial charge is 0.119 e. The SMILES string of the molecule is CCOc1ccc(-c2cc(-c3ccc(O)cc3)c3c(ccc4ccccc43)n2)cc1.Cl. The Balaban J connectivity index is 0.00000231. The van der Waals surface area contributed by atoms with Crippen molar-refractivity contribution >= 4 is 34.1 Å². The Kier molecular flexibility index (Phi) is 5.79. The van der Waals surface area contributed by atoms with Gasteiger partial charge in [0.25, 0.3) is 0 Å². The van der Waals surface area contributed by atoms with Gasteiger partial charge in [-0.05, 0) is 77.4 Å². The third-order valence-corrected chi connectivity index (χ3v) is 5.34. The highest BCUT2D eigenvalue weighted by Crippen LogP contribution is 2.37. The van der Waals surface area contributed by atoms with Gasteiger partial charge in [-0.1, -0.05) is 42.5 Å². The number of phenolic OH excluding ortho intramolecular Hbond substituents is 1. The Labute approximate surface area is 187 Å². The maximum Gasteiger partial charge on any atom is 0.119 e. The van der Waals surface area contributed by atoms with Crippen LogP contribution in [-0.2, 0) is 0 Å². The molecule has 0 spiro atoms. The van der Waals surface area contributed by atoms with E-state index in [4.69, 9.17) is 9.72 Å². The highest BCUT2D eigenvalue weighted by atomic mass is 35.5. The van der Waals surface area contributed by atoms with Gasteiger partial charge in [-0.25, -0.2) is 4.98 Å². The Morgan fingerprint density at radius 1 is 0.806 bits per heavy atom. The lowest BCUT2D eigenvalue weighted by molar-refractivity contribution is 0.340. The van der Waals surface area contributed by atoms with Crippen molar-refractivity contribution in [2.24, 2.45) is 0 Å². The Hall–Kier alpha value is -3.56. The number of hydrogen-bond acceptors (Lipinski definition) is 3. The summed E-state index contributed by atoms with van der Waals surface area (Å²) < 4.78 is 5.58. The quantitative estimate of drug-likeness (QED) is 0.307. The monoisotopic (exact) mass is 427 g/mol. The standard InChI is InChI=1S/C27H21NO2.ClH/c1-2-30-22-14-9-20(10-15-22)26-17-24(19-7-12-21(29)13-8-19)27-23-6-4-3-5-18(23)11-16-25(27)28-26;/h3-17,29H,2H2,1H3;1H. The van der Waals surface area contributed by atoms with Crippen molar-refractivity contribution in [3.05, 3.63) is 91.0 Å². The molecule has 4 heteroatoms. The van der Waals surface area contributed by atoms with Gasteiger partial charge in [0.05, 0.1) is 17.8 Å². The maximum absolute atomic E-state index is 9.77. The summed E-state index contributed by atoms with van der Waals surface area (Å²) in [5, 5.41) is 13.2. The Bertz CT molecular complexity index is 1350. The van der Waals surface area contributed by atoms with Gasteiger partial charge in [-0.15, -0.1) is 12.4 Å². The number of aromatic nitrogens is 1. The fraction of sp³-hybridized carbons (Fsp3) is 0.0741. The van der Waals surface area contributed by atoms with Crippen molar-refractivity contribution in [1.82, 2.24) is 4.98 Å². The highest BCUT2D eigenvalue weighted by Gasteiger charge is 2.13. The molecule has 0 aliphatic heterocycles. The molecule has 0 saturated carbocycles. The number of ether oxygens (including phenoxy) is 1. The number of halogens is 1. The van der Waals surface area contributed by atoms with Crippen LogP contribution in [0.1, 0.15) is 6.92 Å². The van der Waals surface area contributed by atoms with E-state index in [0.29, 0.717) is 6.61 Å². The van der Waals surface area contributed by atoms with E-state index in [-0.39, 0.29) is 18.2 Å². The molecule has 3 nitrogen and oxygen atoms in total. The molecule has 5 rings (SSSR count).